The number of ether oxygens (including phenoxy) is 2. The molecule has 0 bridgehead atoms. The molecule has 59 heavy (non-hydrogen) atoms. The Kier molecular flexibility index (Phi) is 17.9. The van der Waals surface area contributed by atoms with Gasteiger partial charge in [-0.05, 0) is 79.1 Å². The van der Waals surface area contributed by atoms with Gasteiger partial charge in [-0.25, -0.2) is 9.59 Å². The molecule has 0 spiro atoms. The predicted octanol–water partition coefficient (Wildman–Crippen LogP) is 7.07. The van der Waals surface area contributed by atoms with Gasteiger partial charge in [-0.15, -0.1) is 0 Å². The molecule has 2 unspecified atom stereocenters. The molecule has 4 aromatic rings. The van der Waals surface area contributed by atoms with E-state index in [1.807, 2.05) is 91.9 Å². The predicted molar refractivity (Wildman–Crippen MR) is 226 cm³/mol. The number of rotatable bonds is 15. The molecule has 3 atom stereocenters. The average Bonchev–Trinajstić information content (AvgIpc) is 3.28. The highest BCUT2D eigenvalue weighted by Crippen LogP contribution is 2.27. The van der Waals surface area contributed by atoms with Crippen LogP contribution in [0.4, 0.5) is 21.0 Å². The van der Waals surface area contributed by atoms with E-state index in [0.717, 1.165) is 42.4 Å². The first-order chi connectivity index (χ1) is 28.6. The number of likely N-dealkylation sites (N-methyl/N-ethyl adjacent to an activating group) is 1. The fraction of sp³-hybridized carbons (Fsp3) is 0.333. The van der Waals surface area contributed by atoms with Gasteiger partial charge in [0.2, 0.25) is 18.2 Å². The number of nitrogens with zero attached hydrogens (tertiary/aromatic N) is 2. The number of nitrogens with one attached hydrogen (secondary N) is 4. The maximum atomic E-state index is 13.6. The van der Waals surface area contributed by atoms with Gasteiger partial charge in [-0.3, -0.25) is 19.2 Å². The van der Waals surface area contributed by atoms with Gasteiger partial charge in [0.25, 0.3) is 5.91 Å². The summed E-state index contributed by atoms with van der Waals surface area (Å²) in [5, 5.41) is 10.8. The van der Waals surface area contributed by atoms with Gasteiger partial charge in [0.1, 0.15) is 18.1 Å². The molecule has 312 valence electrons. The number of amides is 6. The van der Waals surface area contributed by atoms with Crippen molar-refractivity contribution >= 4 is 47.7 Å². The number of carbonyl (C=O) groups excluding carboxylic acids is 6. The molecule has 6 amide bonds. The lowest BCUT2D eigenvalue weighted by Crippen LogP contribution is -2.53. The van der Waals surface area contributed by atoms with Crippen LogP contribution in [0.5, 0.6) is 0 Å². The molecule has 1 fully saturated rings. The summed E-state index contributed by atoms with van der Waals surface area (Å²) < 4.78 is 9.36. The standard InChI is InChI=1S/C29H30N4O5.C16H24N2O3/c1-38-29(37)32-26(22-7-3-2-4-8-22)28(36)33-18-6-5-9-25(33)27(35)31-24-16-12-21(13-17-24)20-10-14-23(15-11-20)30-19-34;1-4-6-12-18(5-2)15(19)14(17-16(20)21-3)13-10-8-7-9-11-13/h2-4,7-8,10-17,19,25-26H,5-6,9,18H2,1H3,(H,30,34)(H,31,35)(H,32,37);7-11,14H,4-6,12H2,1-3H3,(H,17,20)/t25-,26?;/m1./s1. The number of methoxy groups -OCH3 is 2. The molecule has 4 aromatic carbocycles. The summed E-state index contributed by atoms with van der Waals surface area (Å²) in [5.74, 6) is -0.744. The molecule has 5 rings (SSSR count). The van der Waals surface area contributed by atoms with E-state index >= 15 is 0 Å². The highest BCUT2D eigenvalue weighted by atomic mass is 16.5. The van der Waals surface area contributed by atoms with Gasteiger partial charge in [0.05, 0.1) is 14.2 Å². The first-order valence-electron chi connectivity index (χ1n) is 19.7. The van der Waals surface area contributed by atoms with E-state index in [4.69, 9.17) is 4.74 Å². The summed E-state index contributed by atoms with van der Waals surface area (Å²) in [6, 6.07) is 30.6. The molecule has 4 N–H and O–H groups in total. The Morgan fingerprint density at radius 3 is 1.76 bits per heavy atom. The molecular weight excluding hydrogens is 753 g/mol. The van der Waals surface area contributed by atoms with Crippen LogP contribution in [0.15, 0.2) is 109 Å². The summed E-state index contributed by atoms with van der Waals surface area (Å²) in [6.07, 6.45) is 3.37. The second kappa shape index (κ2) is 23.5. The van der Waals surface area contributed by atoms with E-state index in [0.29, 0.717) is 49.4 Å². The third kappa shape index (κ3) is 13.2. The fourth-order valence-electron chi connectivity index (χ4n) is 6.61. The largest absolute Gasteiger partial charge is 0.453 e. The van der Waals surface area contributed by atoms with E-state index < -0.39 is 30.3 Å². The quantitative estimate of drug-likeness (QED) is 0.0923. The molecule has 1 saturated heterocycles. The maximum Gasteiger partial charge on any atom is 0.407 e. The molecule has 14 heteroatoms. The van der Waals surface area contributed by atoms with Crippen molar-refractivity contribution in [2.24, 2.45) is 0 Å². The van der Waals surface area contributed by atoms with Gasteiger partial charge in [0.15, 0.2) is 0 Å². The van der Waals surface area contributed by atoms with Crippen LogP contribution in [0.3, 0.4) is 0 Å². The van der Waals surface area contributed by atoms with Crippen LogP contribution in [-0.2, 0) is 28.7 Å². The van der Waals surface area contributed by atoms with Gasteiger partial charge in [-0.1, -0.05) is 98.3 Å². The number of alkyl carbamates (subject to hydrolysis) is 2. The SMILES string of the molecule is CCCCN(CC)C(=O)C(NC(=O)OC)c1ccccc1.COC(=O)NC(C(=O)N1CCCC[C@@H]1C(=O)Nc1ccc(-c2ccc(NC=O)cc2)cc1)c1ccccc1. The van der Waals surface area contributed by atoms with E-state index in [9.17, 15) is 28.8 Å². The van der Waals surface area contributed by atoms with Crippen LogP contribution < -0.4 is 21.3 Å². The number of piperidine rings is 1. The Hall–Kier alpha value is -6.70. The molecule has 0 saturated carbocycles. The zero-order valence-electron chi connectivity index (χ0n) is 34.0. The number of unbranched alkanes of at least 4 members (excludes halogenated alkanes) is 1. The third-order valence-corrected chi connectivity index (χ3v) is 9.81. The lowest BCUT2D eigenvalue weighted by molar-refractivity contribution is -0.142. The summed E-state index contributed by atoms with van der Waals surface area (Å²) in [5.41, 5.74) is 4.60. The van der Waals surface area contributed by atoms with Crippen LogP contribution in [0.2, 0.25) is 0 Å². The third-order valence-electron chi connectivity index (χ3n) is 9.81. The number of likely N-dealkylation sites (tertiary alicyclic amines) is 1. The van der Waals surface area contributed by atoms with Crippen molar-refractivity contribution < 1.29 is 38.2 Å². The molecule has 0 aliphatic carbocycles. The molecule has 0 radical (unpaired) electrons. The maximum absolute atomic E-state index is 13.6. The van der Waals surface area contributed by atoms with E-state index in [-0.39, 0.29) is 17.7 Å². The van der Waals surface area contributed by atoms with Crippen molar-refractivity contribution in [2.75, 3.05) is 44.5 Å². The number of anilines is 2. The number of hydrogen-bond donors (Lipinski definition) is 4. The van der Waals surface area contributed by atoms with Crippen molar-refractivity contribution in [3.05, 3.63) is 120 Å². The first kappa shape index (κ1) is 45.0. The average molecular weight is 807 g/mol. The number of carbonyl (C=O) groups is 6. The molecule has 14 nitrogen and oxygen atoms in total. The number of hydrogen-bond acceptors (Lipinski definition) is 8. The number of benzene rings is 4. The zero-order chi connectivity index (χ0) is 42.6. The molecule has 0 aromatic heterocycles. The lowest BCUT2D eigenvalue weighted by Gasteiger charge is -2.37. The van der Waals surface area contributed by atoms with Crippen LogP contribution in [0.1, 0.15) is 69.2 Å². The molecule has 1 heterocycles. The second-order valence-corrected chi connectivity index (χ2v) is 13.7. The highest BCUT2D eigenvalue weighted by molar-refractivity contribution is 5.99. The summed E-state index contributed by atoms with van der Waals surface area (Å²) in [6.45, 7) is 5.74. The minimum absolute atomic E-state index is 0.109. The van der Waals surface area contributed by atoms with Crippen molar-refractivity contribution in [3.63, 3.8) is 0 Å². The van der Waals surface area contributed by atoms with Crippen molar-refractivity contribution in [1.82, 2.24) is 20.4 Å². The molecule has 1 aliphatic heterocycles. The van der Waals surface area contributed by atoms with Crippen LogP contribution in [0, 0.1) is 0 Å². The van der Waals surface area contributed by atoms with Crippen LogP contribution >= 0.6 is 0 Å². The Balaban J connectivity index is 0.000000311. The summed E-state index contributed by atoms with van der Waals surface area (Å²) >= 11 is 0. The van der Waals surface area contributed by atoms with Crippen LogP contribution in [-0.4, -0.2) is 86.0 Å². The Labute approximate surface area is 345 Å². The molecular formula is C45H54N6O8. The lowest BCUT2D eigenvalue weighted by atomic mass is 9.98. The topological polar surface area (TPSA) is 175 Å². The highest BCUT2D eigenvalue weighted by Gasteiger charge is 2.37. The van der Waals surface area contributed by atoms with Crippen molar-refractivity contribution in [3.8, 4) is 11.1 Å². The second-order valence-electron chi connectivity index (χ2n) is 13.7. The Morgan fingerprint density at radius 2 is 1.25 bits per heavy atom. The van der Waals surface area contributed by atoms with Gasteiger partial charge < -0.3 is 40.5 Å². The normalized spacial score (nSPS) is 14.2. The smallest absolute Gasteiger partial charge is 0.407 e. The monoisotopic (exact) mass is 806 g/mol. The first-order valence-corrected chi connectivity index (χ1v) is 19.7. The van der Waals surface area contributed by atoms with E-state index in [1.165, 1.54) is 14.2 Å². The Bertz CT molecular complexity index is 1960. The Morgan fingerprint density at radius 1 is 0.729 bits per heavy atom. The van der Waals surface area contributed by atoms with Gasteiger partial charge in [-0.2, -0.15) is 0 Å². The summed E-state index contributed by atoms with van der Waals surface area (Å²) in [4.78, 5) is 77.1. The van der Waals surface area contributed by atoms with E-state index in [1.54, 1.807) is 34.1 Å². The fourth-order valence-corrected chi connectivity index (χ4v) is 6.61. The minimum atomic E-state index is -0.968. The van der Waals surface area contributed by atoms with Gasteiger partial charge >= 0.3 is 12.2 Å². The summed E-state index contributed by atoms with van der Waals surface area (Å²) in [7, 11) is 2.53. The van der Waals surface area contributed by atoms with Crippen molar-refractivity contribution in [2.45, 2.75) is 64.1 Å². The van der Waals surface area contributed by atoms with Gasteiger partial charge in [0, 0.05) is 31.0 Å². The van der Waals surface area contributed by atoms with E-state index in [2.05, 4.69) is 32.9 Å². The van der Waals surface area contributed by atoms with Crippen molar-refractivity contribution in [1.29, 1.82) is 0 Å². The molecule has 1 aliphatic rings. The minimum Gasteiger partial charge on any atom is -0.453 e. The van der Waals surface area contributed by atoms with Crippen LogP contribution in [0.25, 0.3) is 11.1 Å². The zero-order valence-corrected chi connectivity index (χ0v) is 34.0.